The van der Waals surface area contributed by atoms with Crippen molar-refractivity contribution in [1.29, 1.82) is 0 Å². The Morgan fingerprint density at radius 3 is 3.24 bits per heavy atom. The molecule has 0 bridgehead atoms. The lowest BCUT2D eigenvalue weighted by Gasteiger charge is -2.10. The predicted octanol–water partition coefficient (Wildman–Crippen LogP) is 1.74. The average Bonchev–Trinajstić information content (AvgIpc) is 2.82. The second-order valence-corrected chi connectivity index (χ2v) is 4.56. The molecular weight excluding hydrogens is 240 g/mol. The Balaban J connectivity index is 1.56. The normalized spacial score (nSPS) is 19.5. The molecule has 2 heterocycles. The van der Waals surface area contributed by atoms with Crippen molar-refractivity contribution in [2.24, 2.45) is 5.92 Å². The van der Waals surface area contributed by atoms with Crippen molar-refractivity contribution in [2.45, 2.75) is 6.42 Å². The second-order valence-electron chi connectivity index (χ2n) is 4.12. The van der Waals surface area contributed by atoms with Gasteiger partial charge in [0.1, 0.15) is 12.4 Å². The molecule has 0 saturated carbocycles. The fraction of sp³-hybridized carbons (Fsp3) is 0.583. The zero-order valence-electron chi connectivity index (χ0n) is 9.69. The Labute approximate surface area is 106 Å². The van der Waals surface area contributed by atoms with Gasteiger partial charge in [0.15, 0.2) is 0 Å². The van der Waals surface area contributed by atoms with Crippen molar-refractivity contribution in [3.8, 4) is 5.75 Å². The van der Waals surface area contributed by atoms with Crippen LogP contribution in [-0.2, 0) is 4.74 Å². The third-order valence-electron chi connectivity index (χ3n) is 2.68. The second kappa shape index (κ2) is 6.79. The van der Waals surface area contributed by atoms with Gasteiger partial charge in [0.2, 0.25) is 0 Å². The van der Waals surface area contributed by atoms with E-state index in [4.69, 9.17) is 21.1 Å². The summed E-state index contributed by atoms with van der Waals surface area (Å²) in [5.74, 6) is 1.37. The van der Waals surface area contributed by atoms with Crippen LogP contribution in [0, 0.1) is 5.92 Å². The van der Waals surface area contributed by atoms with Gasteiger partial charge in [-0.2, -0.15) is 0 Å². The Morgan fingerprint density at radius 2 is 2.47 bits per heavy atom. The van der Waals surface area contributed by atoms with E-state index in [2.05, 4.69) is 10.3 Å². The topological polar surface area (TPSA) is 43.4 Å². The van der Waals surface area contributed by atoms with Crippen LogP contribution in [0.25, 0.3) is 0 Å². The molecule has 94 valence electrons. The summed E-state index contributed by atoms with van der Waals surface area (Å²) in [7, 11) is 0. The van der Waals surface area contributed by atoms with Crippen LogP contribution >= 0.6 is 11.6 Å². The molecule has 17 heavy (non-hydrogen) atoms. The number of pyridine rings is 1. The summed E-state index contributed by atoms with van der Waals surface area (Å²) in [6, 6.07) is 1.76. The highest BCUT2D eigenvalue weighted by atomic mass is 35.5. The summed E-state index contributed by atoms with van der Waals surface area (Å²) < 4.78 is 10.8. The highest BCUT2D eigenvalue weighted by Gasteiger charge is 2.14. The molecule has 1 saturated heterocycles. The Morgan fingerprint density at radius 1 is 1.53 bits per heavy atom. The molecule has 1 aromatic rings. The van der Waals surface area contributed by atoms with Crippen molar-refractivity contribution >= 4 is 11.6 Å². The largest absolute Gasteiger partial charge is 0.491 e. The summed E-state index contributed by atoms with van der Waals surface area (Å²) in [5, 5.41) is 3.95. The summed E-state index contributed by atoms with van der Waals surface area (Å²) in [6.45, 7) is 4.22. The van der Waals surface area contributed by atoms with E-state index in [1.54, 1.807) is 18.5 Å². The minimum atomic E-state index is 0.596. The molecule has 1 aromatic heterocycles. The average molecular weight is 257 g/mol. The summed E-state index contributed by atoms with van der Waals surface area (Å²) in [4.78, 5) is 3.95. The number of aromatic nitrogens is 1. The Hall–Kier alpha value is -0.840. The van der Waals surface area contributed by atoms with Crippen LogP contribution in [0.3, 0.4) is 0 Å². The number of ether oxygens (including phenoxy) is 2. The van der Waals surface area contributed by atoms with E-state index >= 15 is 0 Å². The van der Waals surface area contributed by atoms with Gasteiger partial charge in [0, 0.05) is 32.0 Å². The fourth-order valence-electron chi connectivity index (χ4n) is 1.76. The maximum atomic E-state index is 5.80. The monoisotopic (exact) mass is 256 g/mol. The molecule has 1 atom stereocenters. The SMILES string of the molecule is Clc1cncc(OCCNCC2CCOC2)c1. The first-order chi connectivity index (χ1) is 8.34. The van der Waals surface area contributed by atoms with E-state index in [1.807, 2.05) is 0 Å². The maximum absolute atomic E-state index is 5.80. The van der Waals surface area contributed by atoms with Crippen molar-refractivity contribution in [2.75, 3.05) is 32.9 Å². The minimum Gasteiger partial charge on any atom is -0.491 e. The van der Waals surface area contributed by atoms with Gasteiger partial charge in [-0.05, 0) is 12.3 Å². The minimum absolute atomic E-state index is 0.596. The van der Waals surface area contributed by atoms with Gasteiger partial charge in [-0.1, -0.05) is 11.6 Å². The molecule has 5 heteroatoms. The lowest BCUT2D eigenvalue weighted by Crippen LogP contribution is -2.27. The molecule has 1 aliphatic rings. The van der Waals surface area contributed by atoms with Gasteiger partial charge < -0.3 is 14.8 Å². The van der Waals surface area contributed by atoms with E-state index in [9.17, 15) is 0 Å². The third kappa shape index (κ3) is 4.50. The van der Waals surface area contributed by atoms with Crippen molar-refractivity contribution in [3.05, 3.63) is 23.5 Å². The first kappa shape index (κ1) is 12.6. The molecule has 1 unspecified atom stereocenters. The number of nitrogens with one attached hydrogen (secondary N) is 1. The van der Waals surface area contributed by atoms with Crippen molar-refractivity contribution < 1.29 is 9.47 Å². The van der Waals surface area contributed by atoms with Crippen LogP contribution in [0.5, 0.6) is 5.75 Å². The third-order valence-corrected chi connectivity index (χ3v) is 2.89. The van der Waals surface area contributed by atoms with Gasteiger partial charge in [-0.3, -0.25) is 4.98 Å². The van der Waals surface area contributed by atoms with Gasteiger partial charge in [-0.15, -0.1) is 0 Å². The molecule has 0 aliphatic carbocycles. The summed E-state index contributed by atoms with van der Waals surface area (Å²) in [5.41, 5.74) is 0. The van der Waals surface area contributed by atoms with E-state index in [0.717, 1.165) is 32.7 Å². The van der Waals surface area contributed by atoms with Gasteiger partial charge in [0.05, 0.1) is 17.8 Å². The van der Waals surface area contributed by atoms with Gasteiger partial charge in [-0.25, -0.2) is 0 Å². The van der Waals surface area contributed by atoms with Gasteiger partial charge >= 0.3 is 0 Å². The van der Waals surface area contributed by atoms with Crippen LogP contribution in [0.2, 0.25) is 5.02 Å². The number of hydrogen-bond acceptors (Lipinski definition) is 4. The molecule has 1 N–H and O–H groups in total. The molecule has 0 aromatic carbocycles. The lowest BCUT2D eigenvalue weighted by atomic mass is 10.1. The zero-order chi connectivity index (χ0) is 11.9. The number of hydrogen-bond donors (Lipinski definition) is 1. The molecule has 2 rings (SSSR count). The fourth-order valence-corrected chi connectivity index (χ4v) is 1.93. The number of rotatable bonds is 6. The highest BCUT2D eigenvalue weighted by Crippen LogP contribution is 2.14. The van der Waals surface area contributed by atoms with Crippen LogP contribution in [0.15, 0.2) is 18.5 Å². The van der Waals surface area contributed by atoms with Crippen LogP contribution in [0.4, 0.5) is 0 Å². The predicted molar refractivity (Wildman–Crippen MR) is 66.5 cm³/mol. The summed E-state index contributed by atoms with van der Waals surface area (Å²) in [6.07, 6.45) is 4.41. The molecular formula is C12H17ClN2O2. The van der Waals surface area contributed by atoms with Crippen LogP contribution < -0.4 is 10.1 Å². The number of halogens is 1. The van der Waals surface area contributed by atoms with E-state index in [-0.39, 0.29) is 0 Å². The first-order valence-corrected chi connectivity index (χ1v) is 6.24. The maximum Gasteiger partial charge on any atom is 0.139 e. The standard InChI is InChI=1S/C12H17ClN2O2/c13-11-5-12(8-15-7-11)17-4-2-14-6-10-1-3-16-9-10/h5,7-8,10,14H,1-4,6,9H2. The van der Waals surface area contributed by atoms with Crippen molar-refractivity contribution in [1.82, 2.24) is 10.3 Å². The van der Waals surface area contributed by atoms with E-state index in [1.165, 1.54) is 0 Å². The first-order valence-electron chi connectivity index (χ1n) is 5.86. The number of nitrogens with zero attached hydrogens (tertiary/aromatic N) is 1. The quantitative estimate of drug-likeness (QED) is 0.788. The molecule has 1 aliphatic heterocycles. The summed E-state index contributed by atoms with van der Waals surface area (Å²) >= 11 is 5.80. The molecule has 0 spiro atoms. The molecule has 4 nitrogen and oxygen atoms in total. The smallest absolute Gasteiger partial charge is 0.139 e. The van der Waals surface area contributed by atoms with Crippen molar-refractivity contribution in [3.63, 3.8) is 0 Å². The van der Waals surface area contributed by atoms with Crippen LogP contribution in [0.1, 0.15) is 6.42 Å². The Bertz CT molecular complexity index is 343. The molecule has 0 amide bonds. The Kier molecular flexibility index (Phi) is 5.04. The highest BCUT2D eigenvalue weighted by molar-refractivity contribution is 6.30. The van der Waals surface area contributed by atoms with E-state index < -0.39 is 0 Å². The van der Waals surface area contributed by atoms with E-state index in [0.29, 0.717) is 23.3 Å². The lowest BCUT2D eigenvalue weighted by molar-refractivity contribution is 0.185. The van der Waals surface area contributed by atoms with Gasteiger partial charge in [0.25, 0.3) is 0 Å². The molecule has 1 fully saturated rings. The zero-order valence-corrected chi connectivity index (χ0v) is 10.4. The van der Waals surface area contributed by atoms with Crippen LogP contribution in [-0.4, -0.2) is 37.9 Å². The molecule has 0 radical (unpaired) electrons.